The average molecular weight is 386 g/mol. The minimum absolute atomic E-state index is 0.0392. The molecule has 3 rings (SSSR count). The van der Waals surface area contributed by atoms with E-state index in [9.17, 15) is 13.6 Å². The molecule has 1 atom stereocenters. The van der Waals surface area contributed by atoms with Crippen LogP contribution in [0.4, 0.5) is 8.78 Å². The van der Waals surface area contributed by atoms with Gasteiger partial charge < -0.3 is 10.3 Å². The van der Waals surface area contributed by atoms with Crippen LogP contribution in [0, 0.1) is 11.3 Å². The summed E-state index contributed by atoms with van der Waals surface area (Å²) in [6.07, 6.45) is -0.294. The van der Waals surface area contributed by atoms with E-state index in [0.29, 0.717) is 27.7 Å². The van der Waals surface area contributed by atoms with Crippen LogP contribution in [0.2, 0.25) is 10.0 Å². The Hall–Kier alpha value is -1.84. The number of H-pyrrole nitrogens is 1. The van der Waals surface area contributed by atoms with Crippen molar-refractivity contribution in [2.75, 3.05) is 6.54 Å². The van der Waals surface area contributed by atoms with Crippen LogP contribution >= 0.6 is 23.2 Å². The Kier molecular flexibility index (Phi) is 4.65. The summed E-state index contributed by atoms with van der Waals surface area (Å²) in [7, 11) is 0. The Balaban J connectivity index is 2.28. The second kappa shape index (κ2) is 6.47. The lowest BCUT2D eigenvalue weighted by Gasteiger charge is -2.19. The van der Waals surface area contributed by atoms with Crippen LogP contribution < -0.4 is 5.32 Å². The first-order valence-corrected chi connectivity index (χ1v) is 8.49. The fraction of sp³-hybridized carbons (Fsp3) is 0.412. The number of carbonyl (C=O) groups excluding carboxylic acids is 1. The minimum atomic E-state index is -2.88. The number of nitrogens with zero attached hydrogens (tertiary/aromatic N) is 1. The molecule has 4 nitrogen and oxygen atoms in total. The summed E-state index contributed by atoms with van der Waals surface area (Å²) >= 11 is 12.4. The molecular weight excluding hydrogens is 371 g/mol. The molecule has 0 unspecified atom stereocenters. The number of aromatic nitrogens is 1. The number of aromatic amines is 1. The monoisotopic (exact) mass is 385 g/mol. The summed E-state index contributed by atoms with van der Waals surface area (Å²) in [6, 6.07) is 3.65. The summed E-state index contributed by atoms with van der Waals surface area (Å²) in [5, 5.41) is 12.9. The molecule has 1 aromatic heterocycles. The molecule has 2 N–H and O–H groups in total. The summed E-state index contributed by atoms with van der Waals surface area (Å²) in [5.74, 6) is -3.72. The fourth-order valence-electron chi connectivity index (χ4n) is 3.41. The topological polar surface area (TPSA) is 68.7 Å². The van der Waals surface area contributed by atoms with E-state index >= 15 is 0 Å². The molecule has 0 saturated heterocycles. The van der Waals surface area contributed by atoms with Crippen LogP contribution in [0.3, 0.4) is 0 Å². The number of alkyl halides is 2. The highest BCUT2D eigenvalue weighted by atomic mass is 35.5. The van der Waals surface area contributed by atoms with Gasteiger partial charge in [-0.3, -0.25) is 4.79 Å². The van der Waals surface area contributed by atoms with Crippen molar-refractivity contribution < 1.29 is 13.6 Å². The molecule has 132 valence electrons. The third-order valence-corrected chi connectivity index (χ3v) is 5.14. The van der Waals surface area contributed by atoms with Crippen LogP contribution in [-0.4, -0.2) is 23.4 Å². The zero-order valence-electron chi connectivity index (χ0n) is 13.4. The third-order valence-electron chi connectivity index (χ3n) is 4.35. The normalized spacial score (nSPS) is 17.8. The minimum Gasteiger partial charge on any atom is -0.357 e. The average Bonchev–Trinajstić information content (AvgIpc) is 2.81. The summed E-state index contributed by atoms with van der Waals surface area (Å²) < 4.78 is 27.2. The Morgan fingerprint density at radius 1 is 1.44 bits per heavy atom. The van der Waals surface area contributed by atoms with E-state index in [2.05, 4.69) is 16.4 Å². The van der Waals surface area contributed by atoms with E-state index in [4.69, 9.17) is 28.5 Å². The Labute approximate surface area is 153 Å². The van der Waals surface area contributed by atoms with Crippen molar-refractivity contribution in [3.63, 3.8) is 0 Å². The highest BCUT2D eigenvalue weighted by Crippen LogP contribution is 2.41. The van der Waals surface area contributed by atoms with E-state index in [1.165, 1.54) is 0 Å². The highest BCUT2D eigenvalue weighted by molar-refractivity contribution is 6.45. The fourth-order valence-corrected chi connectivity index (χ4v) is 3.83. The maximum Gasteiger partial charge on any atom is 0.246 e. The number of fused-ring (bicyclic) bond motifs is 3. The van der Waals surface area contributed by atoms with Gasteiger partial charge in [-0.1, -0.05) is 23.2 Å². The summed E-state index contributed by atoms with van der Waals surface area (Å²) in [6.45, 7) is 0.966. The van der Waals surface area contributed by atoms with Crippen molar-refractivity contribution >= 4 is 40.0 Å². The van der Waals surface area contributed by atoms with Crippen molar-refractivity contribution in [3.8, 4) is 6.07 Å². The van der Waals surface area contributed by atoms with E-state index in [1.54, 1.807) is 6.07 Å². The smallest absolute Gasteiger partial charge is 0.246 e. The Morgan fingerprint density at radius 3 is 2.80 bits per heavy atom. The quantitative estimate of drug-likeness (QED) is 0.824. The number of hydrogen-bond donors (Lipinski definition) is 2. The number of nitriles is 1. The lowest BCUT2D eigenvalue weighted by molar-refractivity contribution is -0.120. The molecule has 2 aromatic rings. The Morgan fingerprint density at radius 2 is 2.16 bits per heavy atom. The van der Waals surface area contributed by atoms with E-state index in [-0.39, 0.29) is 35.3 Å². The molecule has 25 heavy (non-hydrogen) atoms. The van der Waals surface area contributed by atoms with Gasteiger partial charge in [0.05, 0.1) is 34.5 Å². The maximum atomic E-state index is 13.6. The van der Waals surface area contributed by atoms with Crippen LogP contribution in [0.1, 0.15) is 36.1 Å². The second-order valence-corrected chi connectivity index (χ2v) is 7.17. The molecule has 8 heteroatoms. The molecule has 1 aliphatic rings. The van der Waals surface area contributed by atoms with Crippen molar-refractivity contribution in [2.24, 2.45) is 0 Å². The maximum absolute atomic E-state index is 13.6. The van der Waals surface area contributed by atoms with E-state index in [0.717, 1.165) is 6.92 Å². The molecule has 2 heterocycles. The molecular formula is C17H15Cl2F2N3O. The van der Waals surface area contributed by atoms with Crippen LogP contribution in [-0.2, 0) is 17.6 Å². The van der Waals surface area contributed by atoms with Crippen molar-refractivity contribution in [2.45, 2.75) is 38.0 Å². The van der Waals surface area contributed by atoms with Gasteiger partial charge in [-0.2, -0.15) is 5.26 Å². The van der Waals surface area contributed by atoms with Crippen LogP contribution in [0.15, 0.2) is 6.07 Å². The molecule has 0 bridgehead atoms. The number of amides is 1. The number of nitrogens with one attached hydrogen (secondary N) is 2. The number of benzene rings is 1. The third kappa shape index (κ3) is 3.44. The number of halogens is 4. The highest BCUT2D eigenvalue weighted by Gasteiger charge is 2.34. The van der Waals surface area contributed by atoms with Crippen molar-refractivity contribution in [1.29, 1.82) is 5.26 Å². The molecule has 0 spiro atoms. The van der Waals surface area contributed by atoms with Crippen molar-refractivity contribution in [3.05, 3.63) is 32.9 Å². The van der Waals surface area contributed by atoms with Gasteiger partial charge in [0.1, 0.15) is 0 Å². The zero-order chi connectivity index (χ0) is 18.4. The predicted octanol–water partition coefficient (Wildman–Crippen LogP) is 4.34. The number of rotatable bonds is 3. The van der Waals surface area contributed by atoms with Gasteiger partial charge >= 0.3 is 0 Å². The second-order valence-electron chi connectivity index (χ2n) is 6.39. The summed E-state index contributed by atoms with van der Waals surface area (Å²) in [5.41, 5.74) is 2.28. The van der Waals surface area contributed by atoms with Gasteiger partial charge in [0.25, 0.3) is 0 Å². The first-order valence-electron chi connectivity index (χ1n) is 7.74. The molecule has 1 amide bonds. The Bertz CT molecular complexity index is 896. The van der Waals surface area contributed by atoms with Gasteiger partial charge in [0.15, 0.2) is 0 Å². The van der Waals surface area contributed by atoms with Gasteiger partial charge in [-0.15, -0.1) is 0 Å². The van der Waals surface area contributed by atoms with Crippen molar-refractivity contribution in [1.82, 2.24) is 10.3 Å². The first-order chi connectivity index (χ1) is 11.7. The van der Waals surface area contributed by atoms with Crippen LogP contribution in [0.25, 0.3) is 10.9 Å². The number of hydrogen-bond acceptors (Lipinski definition) is 2. The first kappa shape index (κ1) is 18.0. The molecule has 0 saturated carbocycles. The predicted molar refractivity (Wildman–Crippen MR) is 92.3 cm³/mol. The van der Waals surface area contributed by atoms with Gasteiger partial charge in [0.2, 0.25) is 11.8 Å². The molecule has 1 aliphatic heterocycles. The molecule has 0 fully saturated rings. The molecule has 0 radical (unpaired) electrons. The van der Waals surface area contributed by atoms with Gasteiger partial charge in [-0.25, -0.2) is 8.78 Å². The van der Waals surface area contributed by atoms with E-state index in [1.807, 2.05) is 0 Å². The summed E-state index contributed by atoms with van der Waals surface area (Å²) in [4.78, 5) is 15.2. The largest absolute Gasteiger partial charge is 0.357 e. The lowest BCUT2D eigenvalue weighted by atomic mass is 9.93. The van der Waals surface area contributed by atoms with E-state index < -0.39 is 18.3 Å². The molecule has 1 aromatic carbocycles. The zero-order valence-corrected chi connectivity index (χ0v) is 14.9. The SMILES string of the molecule is CC(F)(F)C[C@H]1CNC(=O)Cc2c1[nH]c1c(Cl)c(Cl)cc(CC#N)c21. The molecule has 0 aliphatic carbocycles. The van der Waals surface area contributed by atoms with Gasteiger partial charge in [0, 0.05) is 30.0 Å². The lowest BCUT2D eigenvalue weighted by Crippen LogP contribution is -2.28. The van der Waals surface area contributed by atoms with Crippen LogP contribution in [0.5, 0.6) is 0 Å². The number of carbonyl (C=O) groups is 1. The van der Waals surface area contributed by atoms with Gasteiger partial charge in [-0.05, 0) is 24.1 Å². The standard InChI is InChI=1S/C17H15Cl2F2N3O/c1-17(20,21)6-9-7-23-12(25)5-10-13-8(2-3-22)4-11(18)14(19)16(13)24-15(9)10/h4,9,24H,2,5-7H2,1H3,(H,23,25)/t9-/m0/s1.